The van der Waals surface area contributed by atoms with Gasteiger partial charge in [-0.05, 0) is 37.8 Å². The van der Waals surface area contributed by atoms with Crippen molar-refractivity contribution in [2.24, 2.45) is 23.5 Å². The van der Waals surface area contributed by atoms with Crippen LogP contribution in [0.25, 0.3) is 5.65 Å². The molecule has 1 aromatic carbocycles. The molecule has 0 spiro atoms. The number of primary amides is 1. The van der Waals surface area contributed by atoms with E-state index in [1.54, 1.807) is 23.0 Å². The van der Waals surface area contributed by atoms with Crippen LogP contribution in [-0.2, 0) is 11.2 Å². The molecule has 2 aromatic heterocycles. The number of nitrogens with two attached hydrogens (primary N) is 1. The molecule has 0 radical (unpaired) electrons. The third-order valence-corrected chi connectivity index (χ3v) is 6.82. The zero-order chi connectivity index (χ0) is 22.2. The van der Waals surface area contributed by atoms with Crippen molar-refractivity contribution in [1.29, 1.82) is 0 Å². The first-order valence-corrected chi connectivity index (χ1v) is 10.8. The largest absolute Gasteiger partial charge is 0.487 e. The van der Waals surface area contributed by atoms with E-state index in [1.165, 1.54) is 6.20 Å². The molecule has 4 heterocycles. The number of hydrogen-bond donors (Lipinski definition) is 2. The lowest BCUT2D eigenvalue weighted by atomic mass is 10.0. The topological polar surface area (TPSA) is 115 Å². The van der Waals surface area contributed by atoms with Gasteiger partial charge in [-0.15, -0.1) is 0 Å². The van der Waals surface area contributed by atoms with Gasteiger partial charge in [0.15, 0.2) is 5.65 Å². The molecule has 164 valence electrons. The second-order valence-corrected chi connectivity index (χ2v) is 9.58. The molecule has 3 aliphatic rings. The number of anilines is 2. The molecule has 2 aliphatic heterocycles. The van der Waals surface area contributed by atoms with E-state index in [9.17, 15) is 9.59 Å². The molecule has 6 rings (SSSR count). The number of nitrogens with one attached hydrogen (secondary N) is 1. The lowest BCUT2D eigenvalue weighted by molar-refractivity contribution is -0.119. The Morgan fingerprint density at radius 3 is 2.78 bits per heavy atom. The minimum absolute atomic E-state index is 0.0289. The van der Waals surface area contributed by atoms with Gasteiger partial charge in [-0.2, -0.15) is 5.10 Å². The lowest BCUT2D eigenvalue weighted by Gasteiger charge is -2.25. The molecule has 3 aromatic rings. The summed E-state index contributed by atoms with van der Waals surface area (Å²) in [6.07, 6.45) is 5.68. The van der Waals surface area contributed by atoms with E-state index in [4.69, 9.17) is 10.5 Å². The monoisotopic (exact) mass is 432 g/mol. The van der Waals surface area contributed by atoms with E-state index >= 15 is 0 Å². The van der Waals surface area contributed by atoms with Crippen LogP contribution in [-0.4, -0.2) is 45.1 Å². The molecule has 1 saturated heterocycles. The summed E-state index contributed by atoms with van der Waals surface area (Å²) in [7, 11) is 0. The second-order valence-electron chi connectivity index (χ2n) is 9.58. The third kappa shape index (κ3) is 2.91. The van der Waals surface area contributed by atoms with Gasteiger partial charge >= 0.3 is 0 Å². The number of amides is 2. The summed E-state index contributed by atoms with van der Waals surface area (Å²) in [5, 5.41) is 7.30. The molecule has 2 fully saturated rings. The average Bonchev–Trinajstić information content (AvgIpc) is 3.07. The number of benzene rings is 1. The fraction of sp³-hybridized carbons (Fsp3) is 0.391. The van der Waals surface area contributed by atoms with Crippen molar-refractivity contribution in [2.45, 2.75) is 25.9 Å². The van der Waals surface area contributed by atoms with Crippen LogP contribution in [0.4, 0.5) is 11.4 Å². The number of carbonyl (C=O) groups excluding carboxylic acids is 2. The SMILES string of the molecule is CC1(C)Cc2cc(NC(=O)c3cnn4cccnc34)c(N3C[C@@H]4C(C(N)=O)[C@@H]4C3)cc2O1. The van der Waals surface area contributed by atoms with E-state index in [2.05, 4.69) is 34.1 Å². The van der Waals surface area contributed by atoms with Gasteiger partial charge in [-0.25, -0.2) is 9.50 Å². The molecular weight excluding hydrogens is 408 g/mol. The van der Waals surface area contributed by atoms with Crippen LogP contribution in [0, 0.1) is 17.8 Å². The number of piperidine rings is 1. The quantitative estimate of drug-likeness (QED) is 0.650. The molecule has 2 amide bonds. The Morgan fingerprint density at radius 2 is 2.03 bits per heavy atom. The first kappa shape index (κ1) is 19.1. The van der Waals surface area contributed by atoms with Gasteiger partial charge in [0, 0.05) is 49.5 Å². The highest BCUT2D eigenvalue weighted by Gasteiger charge is 2.59. The van der Waals surface area contributed by atoms with Gasteiger partial charge in [-0.3, -0.25) is 9.59 Å². The van der Waals surface area contributed by atoms with Crippen LogP contribution >= 0.6 is 0 Å². The van der Waals surface area contributed by atoms with Crippen LogP contribution in [0.5, 0.6) is 5.75 Å². The summed E-state index contributed by atoms with van der Waals surface area (Å²) in [6.45, 7) is 5.58. The summed E-state index contributed by atoms with van der Waals surface area (Å²) < 4.78 is 7.72. The Labute approximate surface area is 184 Å². The molecule has 3 N–H and O–H groups in total. The Bertz CT molecular complexity index is 1270. The Hall–Kier alpha value is -3.62. The Morgan fingerprint density at radius 1 is 1.25 bits per heavy atom. The van der Waals surface area contributed by atoms with Crippen molar-refractivity contribution in [1.82, 2.24) is 14.6 Å². The highest BCUT2D eigenvalue weighted by Crippen LogP contribution is 2.54. The summed E-state index contributed by atoms with van der Waals surface area (Å²) in [5.41, 5.74) is 8.83. The van der Waals surface area contributed by atoms with E-state index in [0.717, 1.165) is 42.2 Å². The maximum Gasteiger partial charge on any atom is 0.261 e. The molecule has 32 heavy (non-hydrogen) atoms. The predicted octanol–water partition coefficient (Wildman–Crippen LogP) is 1.86. The molecule has 1 unspecified atom stereocenters. The van der Waals surface area contributed by atoms with Crippen molar-refractivity contribution in [3.8, 4) is 5.75 Å². The molecule has 9 heteroatoms. The van der Waals surface area contributed by atoms with E-state index in [1.807, 2.05) is 12.1 Å². The summed E-state index contributed by atoms with van der Waals surface area (Å²) in [5.74, 6) is 0.896. The highest BCUT2D eigenvalue weighted by atomic mass is 16.5. The van der Waals surface area contributed by atoms with Gasteiger partial charge < -0.3 is 20.7 Å². The van der Waals surface area contributed by atoms with Crippen molar-refractivity contribution in [3.05, 3.63) is 47.9 Å². The molecule has 9 nitrogen and oxygen atoms in total. The van der Waals surface area contributed by atoms with Crippen LogP contribution in [0.1, 0.15) is 29.8 Å². The van der Waals surface area contributed by atoms with Crippen LogP contribution in [0.15, 0.2) is 36.8 Å². The third-order valence-electron chi connectivity index (χ3n) is 6.82. The first-order chi connectivity index (χ1) is 15.3. The van der Waals surface area contributed by atoms with Crippen LogP contribution in [0.3, 0.4) is 0 Å². The number of rotatable bonds is 4. The van der Waals surface area contributed by atoms with E-state index in [0.29, 0.717) is 11.2 Å². The zero-order valence-electron chi connectivity index (χ0n) is 17.9. The molecule has 1 saturated carbocycles. The summed E-state index contributed by atoms with van der Waals surface area (Å²) >= 11 is 0. The van der Waals surface area contributed by atoms with Crippen molar-refractivity contribution in [2.75, 3.05) is 23.3 Å². The number of ether oxygens (including phenoxy) is 1. The molecule has 0 bridgehead atoms. The molecular formula is C23H24N6O3. The van der Waals surface area contributed by atoms with Crippen LogP contribution in [0.2, 0.25) is 0 Å². The van der Waals surface area contributed by atoms with Crippen molar-refractivity contribution in [3.63, 3.8) is 0 Å². The maximum absolute atomic E-state index is 13.2. The predicted molar refractivity (Wildman–Crippen MR) is 118 cm³/mol. The number of carbonyl (C=O) groups is 2. The fourth-order valence-corrected chi connectivity index (χ4v) is 5.32. The second kappa shape index (κ2) is 6.44. The maximum atomic E-state index is 13.2. The summed E-state index contributed by atoms with van der Waals surface area (Å²) in [6, 6.07) is 5.78. The average molecular weight is 432 g/mol. The zero-order valence-corrected chi connectivity index (χ0v) is 17.9. The Balaban J connectivity index is 1.34. The number of hydrogen-bond acceptors (Lipinski definition) is 6. The van der Waals surface area contributed by atoms with Gasteiger partial charge in [0.2, 0.25) is 5.91 Å². The fourth-order valence-electron chi connectivity index (χ4n) is 5.32. The van der Waals surface area contributed by atoms with Gasteiger partial charge in [0.05, 0.1) is 17.6 Å². The lowest BCUT2D eigenvalue weighted by Crippen LogP contribution is -2.29. The summed E-state index contributed by atoms with van der Waals surface area (Å²) in [4.78, 5) is 31.3. The normalized spacial score (nSPS) is 24.7. The molecule has 1 aliphatic carbocycles. The highest BCUT2D eigenvalue weighted by molar-refractivity contribution is 6.09. The van der Waals surface area contributed by atoms with Crippen molar-refractivity contribution >= 4 is 28.8 Å². The minimum atomic E-state index is -0.293. The van der Waals surface area contributed by atoms with Crippen LogP contribution < -0.4 is 20.7 Å². The number of nitrogens with zero attached hydrogens (tertiary/aromatic N) is 4. The van der Waals surface area contributed by atoms with E-state index < -0.39 is 0 Å². The number of fused-ring (bicyclic) bond motifs is 3. The Kier molecular flexibility index (Phi) is 3.84. The van der Waals surface area contributed by atoms with Gasteiger partial charge in [-0.1, -0.05) is 0 Å². The van der Waals surface area contributed by atoms with Crippen molar-refractivity contribution < 1.29 is 14.3 Å². The smallest absolute Gasteiger partial charge is 0.261 e. The molecule has 3 atom stereocenters. The van der Waals surface area contributed by atoms with Gasteiger partial charge in [0.1, 0.15) is 16.9 Å². The van der Waals surface area contributed by atoms with Gasteiger partial charge in [0.25, 0.3) is 5.91 Å². The minimum Gasteiger partial charge on any atom is -0.487 e. The number of aromatic nitrogens is 3. The van der Waals surface area contributed by atoms with E-state index in [-0.39, 0.29) is 35.2 Å². The standard InChI is InChI=1S/C23H24N6O3/c1-23(2)8-12-6-16(27-22(31)13-9-26-29-5-3-4-25-21(13)29)17(7-18(12)32-23)28-10-14-15(11-28)19(14)20(24)30/h3-7,9,14-15,19H,8,10-11H2,1-2H3,(H2,24,30)(H,27,31)/t14-,15+,19?. The first-order valence-electron chi connectivity index (χ1n) is 10.8.